The van der Waals surface area contributed by atoms with Crippen LogP contribution in [0.3, 0.4) is 0 Å². The van der Waals surface area contributed by atoms with Gasteiger partial charge in [-0.05, 0) is 68.6 Å². The first kappa shape index (κ1) is 9.89. The summed E-state index contributed by atoms with van der Waals surface area (Å²) in [5.41, 5.74) is 7.62. The minimum atomic E-state index is 0.472. The van der Waals surface area contributed by atoms with E-state index in [0.29, 0.717) is 6.04 Å². The summed E-state index contributed by atoms with van der Waals surface area (Å²) in [6.07, 6.45) is 6.86. The van der Waals surface area contributed by atoms with E-state index in [9.17, 15) is 0 Å². The Morgan fingerprint density at radius 2 is 1.93 bits per heavy atom. The number of nitrogens with two attached hydrogens (primary N) is 1. The van der Waals surface area contributed by atoms with Crippen LogP contribution in [0, 0.1) is 29.6 Å². The van der Waals surface area contributed by atoms with Gasteiger partial charge in [-0.2, -0.15) is 0 Å². The van der Waals surface area contributed by atoms with Crippen LogP contribution in [0.1, 0.15) is 39.0 Å². The van der Waals surface area contributed by atoms with Crippen LogP contribution in [0.4, 0.5) is 0 Å². The van der Waals surface area contributed by atoms with Gasteiger partial charge in [0.25, 0.3) is 0 Å². The summed E-state index contributed by atoms with van der Waals surface area (Å²) in [6, 6.07) is 0.472. The second kappa shape index (κ2) is 3.35. The minimum absolute atomic E-state index is 0.472. The summed E-state index contributed by atoms with van der Waals surface area (Å²) in [6.45, 7) is 6.08. The van der Waals surface area contributed by atoms with Crippen molar-refractivity contribution >= 4 is 0 Å². The van der Waals surface area contributed by atoms with E-state index in [1.54, 1.807) is 6.42 Å². The van der Waals surface area contributed by atoms with Crippen LogP contribution in [0.25, 0.3) is 0 Å². The van der Waals surface area contributed by atoms with Gasteiger partial charge in [0.2, 0.25) is 0 Å². The summed E-state index contributed by atoms with van der Waals surface area (Å²) < 4.78 is 0. The van der Waals surface area contributed by atoms with Crippen molar-refractivity contribution < 1.29 is 0 Å². The van der Waals surface area contributed by atoms with E-state index in [0.717, 1.165) is 36.0 Å². The zero-order valence-corrected chi connectivity index (χ0v) is 9.78. The van der Waals surface area contributed by atoms with Gasteiger partial charge in [0.1, 0.15) is 0 Å². The molecule has 0 aliphatic heterocycles. The maximum atomic E-state index is 6.33. The number of fused-ring (bicyclic) bond motifs is 5. The Labute approximate surface area is 93.1 Å². The lowest BCUT2D eigenvalue weighted by molar-refractivity contribution is 0.398. The van der Waals surface area contributed by atoms with Crippen LogP contribution >= 0.6 is 0 Å². The predicted molar refractivity (Wildman–Crippen MR) is 63.3 cm³/mol. The molecule has 3 fully saturated rings. The molecule has 3 saturated carbocycles. The fraction of sp³-hybridized carbons (Fsp3) is 0.857. The van der Waals surface area contributed by atoms with E-state index in [1.807, 2.05) is 0 Å². The fourth-order valence-corrected chi connectivity index (χ4v) is 4.57. The summed E-state index contributed by atoms with van der Waals surface area (Å²) in [5.74, 6) is 5.13. The van der Waals surface area contributed by atoms with Crippen molar-refractivity contribution in [2.45, 2.75) is 45.1 Å². The Kier molecular flexibility index (Phi) is 2.21. The molecule has 0 saturated heterocycles. The highest BCUT2D eigenvalue weighted by molar-refractivity contribution is 5.15. The number of hydrogen-bond donors (Lipinski definition) is 1. The standard InChI is InChI=1S/C14H23N/c1-8(2)3-6-11(15)14-12-9-4-5-10(7-9)13(12)14/h9-14H,1,3-7,15H2,2H3. The second-order valence-electron chi connectivity index (χ2n) is 6.22. The largest absolute Gasteiger partial charge is 0.327 e. The molecule has 84 valence electrons. The van der Waals surface area contributed by atoms with Crippen molar-refractivity contribution in [3.63, 3.8) is 0 Å². The molecule has 1 nitrogen and oxygen atoms in total. The maximum Gasteiger partial charge on any atom is 0.00759 e. The van der Waals surface area contributed by atoms with Gasteiger partial charge in [0.15, 0.2) is 0 Å². The summed E-state index contributed by atoms with van der Waals surface area (Å²) in [5, 5.41) is 0. The molecule has 0 aromatic rings. The average Bonchev–Trinajstić information content (AvgIpc) is 2.64. The third-order valence-corrected chi connectivity index (χ3v) is 5.19. The molecule has 3 aliphatic rings. The predicted octanol–water partition coefficient (Wildman–Crippen LogP) is 2.96. The smallest absolute Gasteiger partial charge is 0.00759 e. The van der Waals surface area contributed by atoms with E-state index in [-0.39, 0.29) is 0 Å². The third-order valence-electron chi connectivity index (χ3n) is 5.19. The molecule has 0 aromatic carbocycles. The van der Waals surface area contributed by atoms with Crippen LogP contribution in [-0.2, 0) is 0 Å². The Hall–Kier alpha value is -0.300. The van der Waals surface area contributed by atoms with Crippen molar-refractivity contribution in [2.75, 3.05) is 0 Å². The van der Waals surface area contributed by atoms with Crippen LogP contribution in [-0.4, -0.2) is 6.04 Å². The molecule has 5 unspecified atom stereocenters. The molecule has 5 atom stereocenters. The number of rotatable bonds is 4. The number of allylic oxidation sites excluding steroid dienone is 1. The van der Waals surface area contributed by atoms with Crippen molar-refractivity contribution in [1.29, 1.82) is 0 Å². The van der Waals surface area contributed by atoms with E-state index in [2.05, 4.69) is 13.5 Å². The van der Waals surface area contributed by atoms with Crippen molar-refractivity contribution in [3.05, 3.63) is 12.2 Å². The fourth-order valence-electron chi connectivity index (χ4n) is 4.57. The van der Waals surface area contributed by atoms with Gasteiger partial charge in [0, 0.05) is 6.04 Å². The SMILES string of the molecule is C=C(C)CCC(N)C1C2C3CCC(C3)C12. The first-order chi connectivity index (χ1) is 7.18. The van der Waals surface area contributed by atoms with Crippen molar-refractivity contribution in [1.82, 2.24) is 0 Å². The highest BCUT2D eigenvalue weighted by Crippen LogP contribution is 2.70. The maximum absolute atomic E-state index is 6.33. The summed E-state index contributed by atoms with van der Waals surface area (Å²) in [7, 11) is 0. The molecule has 2 bridgehead atoms. The first-order valence-corrected chi connectivity index (χ1v) is 6.58. The Balaban J connectivity index is 1.56. The molecule has 0 aromatic heterocycles. The minimum Gasteiger partial charge on any atom is -0.327 e. The highest BCUT2D eigenvalue weighted by Gasteiger charge is 2.65. The van der Waals surface area contributed by atoms with E-state index < -0.39 is 0 Å². The summed E-state index contributed by atoms with van der Waals surface area (Å²) in [4.78, 5) is 0. The van der Waals surface area contributed by atoms with Gasteiger partial charge in [-0.25, -0.2) is 0 Å². The molecule has 2 N–H and O–H groups in total. The molecule has 0 radical (unpaired) electrons. The van der Waals surface area contributed by atoms with Crippen molar-refractivity contribution in [3.8, 4) is 0 Å². The normalized spacial score (nSPS) is 47.7. The quantitative estimate of drug-likeness (QED) is 0.702. The Morgan fingerprint density at radius 3 is 2.47 bits per heavy atom. The molecule has 0 spiro atoms. The molecular weight excluding hydrogens is 182 g/mol. The summed E-state index contributed by atoms with van der Waals surface area (Å²) >= 11 is 0. The molecule has 0 heterocycles. The topological polar surface area (TPSA) is 26.0 Å². The molecule has 0 amide bonds. The second-order valence-corrected chi connectivity index (χ2v) is 6.22. The Bertz CT molecular complexity index is 267. The molecule has 1 heteroatoms. The molecule has 15 heavy (non-hydrogen) atoms. The van der Waals surface area contributed by atoms with E-state index in [4.69, 9.17) is 5.73 Å². The van der Waals surface area contributed by atoms with Crippen LogP contribution in [0.15, 0.2) is 12.2 Å². The van der Waals surface area contributed by atoms with Crippen molar-refractivity contribution in [2.24, 2.45) is 35.3 Å². The van der Waals surface area contributed by atoms with Crippen LogP contribution in [0.2, 0.25) is 0 Å². The lowest BCUT2D eigenvalue weighted by atomic mass is 9.94. The van der Waals surface area contributed by atoms with Gasteiger partial charge in [-0.3, -0.25) is 0 Å². The zero-order chi connectivity index (χ0) is 10.6. The van der Waals surface area contributed by atoms with Gasteiger partial charge >= 0.3 is 0 Å². The van der Waals surface area contributed by atoms with Gasteiger partial charge in [-0.15, -0.1) is 6.58 Å². The highest BCUT2D eigenvalue weighted by atomic mass is 14.8. The van der Waals surface area contributed by atoms with Crippen LogP contribution < -0.4 is 5.73 Å². The van der Waals surface area contributed by atoms with Gasteiger partial charge in [-0.1, -0.05) is 5.57 Å². The lowest BCUT2D eigenvalue weighted by Gasteiger charge is -2.15. The third kappa shape index (κ3) is 1.47. The lowest BCUT2D eigenvalue weighted by Crippen LogP contribution is -2.26. The van der Waals surface area contributed by atoms with E-state index in [1.165, 1.54) is 24.8 Å². The zero-order valence-electron chi connectivity index (χ0n) is 9.78. The number of hydrogen-bond acceptors (Lipinski definition) is 1. The van der Waals surface area contributed by atoms with Gasteiger partial charge < -0.3 is 5.73 Å². The van der Waals surface area contributed by atoms with E-state index >= 15 is 0 Å². The molecule has 3 aliphatic carbocycles. The first-order valence-electron chi connectivity index (χ1n) is 6.58. The average molecular weight is 205 g/mol. The van der Waals surface area contributed by atoms with Crippen LogP contribution in [0.5, 0.6) is 0 Å². The van der Waals surface area contributed by atoms with Gasteiger partial charge in [0.05, 0.1) is 0 Å². The molecular formula is C14H23N. The Morgan fingerprint density at radius 1 is 1.33 bits per heavy atom. The monoisotopic (exact) mass is 205 g/mol. The molecule has 3 rings (SSSR count).